The average Bonchev–Trinajstić information content (AvgIpc) is 2.79. The molecule has 1 aromatic heterocycles. The predicted molar refractivity (Wildman–Crippen MR) is 86.6 cm³/mol. The molecule has 5 heteroatoms. The molecule has 0 spiro atoms. The van der Waals surface area contributed by atoms with Crippen LogP contribution in [0.1, 0.15) is 31.3 Å². The molecule has 1 aromatic carbocycles. The van der Waals surface area contributed by atoms with Gasteiger partial charge in [-0.25, -0.2) is 0 Å². The van der Waals surface area contributed by atoms with E-state index in [1.807, 2.05) is 25.1 Å². The Morgan fingerprint density at radius 3 is 2.70 bits per heavy atom. The van der Waals surface area contributed by atoms with Crippen molar-refractivity contribution in [1.82, 2.24) is 15.5 Å². The summed E-state index contributed by atoms with van der Waals surface area (Å²) in [5, 5.41) is 14.8. The first-order chi connectivity index (χ1) is 9.37. The van der Waals surface area contributed by atoms with Crippen LogP contribution in [0.15, 0.2) is 18.2 Å². The van der Waals surface area contributed by atoms with Crippen molar-refractivity contribution in [2.24, 2.45) is 0 Å². The molecule has 3 nitrogen and oxygen atoms in total. The van der Waals surface area contributed by atoms with Crippen molar-refractivity contribution in [2.45, 2.75) is 39.7 Å². The van der Waals surface area contributed by atoms with Gasteiger partial charge in [-0.15, -0.1) is 10.2 Å². The van der Waals surface area contributed by atoms with Gasteiger partial charge in [0.2, 0.25) is 0 Å². The highest BCUT2D eigenvalue weighted by atomic mass is 35.5. The second-order valence-electron chi connectivity index (χ2n) is 5.84. The first-order valence-corrected chi connectivity index (χ1v) is 7.89. The molecule has 0 fully saturated rings. The zero-order chi connectivity index (χ0) is 14.8. The number of halogens is 1. The fourth-order valence-corrected chi connectivity index (χ4v) is 2.94. The summed E-state index contributed by atoms with van der Waals surface area (Å²) < 4.78 is 0. The largest absolute Gasteiger partial charge is 0.312 e. The lowest BCUT2D eigenvalue weighted by Gasteiger charge is -2.19. The van der Waals surface area contributed by atoms with Gasteiger partial charge in [0.25, 0.3) is 0 Å². The number of nitrogens with zero attached hydrogens (tertiary/aromatic N) is 2. The lowest BCUT2D eigenvalue weighted by molar-refractivity contribution is 0.429. The average molecular weight is 310 g/mol. The fourth-order valence-electron chi connectivity index (χ4n) is 1.85. The monoisotopic (exact) mass is 309 g/mol. The molecule has 0 saturated heterocycles. The van der Waals surface area contributed by atoms with Gasteiger partial charge in [-0.3, -0.25) is 0 Å². The standard InChI is InChI=1S/C15H20ClN3S/c1-10-11(6-5-7-12(10)16)14-19-18-13(20-14)8-9-17-15(2,3)4/h5-7,17H,8-9H2,1-4H3. The summed E-state index contributed by atoms with van der Waals surface area (Å²) in [5.41, 5.74) is 2.27. The summed E-state index contributed by atoms with van der Waals surface area (Å²) >= 11 is 7.79. The molecule has 0 bridgehead atoms. The Morgan fingerprint density at radius 2 is 2.00 bits per heavy atom. The van der Waals surface area contributed by atoms with Crippen LogP contribution in [0.4, 0.5) is 0 Å². The third-order valence-electron chi connectivity index (χ3n) is 2.96. The van der Waals surface area contributed by atoms with Crippen LogP contribution in [0.25, 0.3) is 10.6 Å². The van der Waals surface area contributed by atoms with Gasteiger partial charge in [0.15, 0.2) is 0 Å². The molecule has 0 aliphatic carbocycles. The summed E-state index contributed by atoms with van der Waals surface area (Å²) in [4.78, 5) is 0. The minimum absolute atomic E-state index is 0.136. The van der Waals surface area contributed by atoms with Crippen molar-refractivity contribution in [3.05, 3.63) is 33.8 Å². The van der Waals surface area contributed by atoms with E-state index in [-0.39, 0.29) is 5.54 Å². The minimum atomic E-state index is 0.136. The van der Waals surface area contributed by atoms with E-state index in [9.17, 15) is 0 Å². The quantitative estimate of drug-likeness (QED) is 0.924. The van der Waals surface area contributed by atoms with Gasteiger partial charge in [0.05, 0.1) is 0 Å². The van der Waals surface area contributed by atoms with Gasteiger partial charge in [-0.05, 0) is 39.3 Å². The molecule has 0 aliphatic heterocycles. The molecule has 0 saturated carbocycles. The normalized spacial score (nSPS) is 11.8. The van der Waals surface area contributed by atoms with Crippen molar-refractivity contribution in [3.8, 4) is 10.6 Å². The molecular weight excluding hydrogens is 290 g/mol. The van der Waals surface area contributed by atoms with Crippen LogP contribution in [0, 0.1) is 6.92 Å². The Morgan fingerprint density at radius 1 is 1.25 bits per heavy atom. The maximum atomic E-state index is 6.15. The molecule has 0 atom stereocenters. The molecule has 0 amide bonds. The molecular formula is C15H20ClN3S. The van der Waals surface area contributed by atoms with Crippen molar-refractivity contribution >= 4 is 22.9 Å². The number of benzene rings is 1. The zero-order valence-electron chi connectivity index (χ0n) is 12.3. The van der Waals surface area contributed by atoms with Gasteiger partial charge in [0.1, 0.15) is 10.0 Å². The van der Waals surface area contributed by atoms with E-state index in [1.165, 1.54) is 0 Å². The zero-order valence-corrected chi connectivity index (χ0v) is 13.9. The highest BCUT2D eigenvalue weighted by Crippen LogP contribution is 2.30. The molecule has 1 heterocycles. The number of nitrogens with one attached hydrogen (secondary N) is 1. The Labute approximate surface area is 129 Å². The van der Waals surface area contributed by atoms with Crippen LogP contribution in [-0.2, 0) is 6.42 Å². The van der Waals surface area contributed by atoms with Crippen LogP contribution in [0.3, 0.4) is 0 Å². The van der Waals surface area contributed by atoms with Crippen LogP contribution in [0.5, 0.6) is 0 Å². The Balaban J connectivity index is 2.07. The van der Waals surface area contributed by atoms with Gasteiger partial charge in [-0.2, -0.15) is 0 Å². The first kappa shape index (κ1) is 15.4. The topological polar surface area (TPSA) is 37.8 Å². The Kier molecular flexibility index (Phi) is 4.78. The SMILES string of the molecule is Cc1c(Cl)cccc1-c1nnc(CCNC(C)(C)C)s1. The van der Waals surface area contributed by atoms with E-state index >= 15 is 0 Å². The third-order valence-corrected chi connectivity index (χ3v) is 4.38. The first-order valence-electron chi connectivity index (χ1n) is 6.70. The highest BCUT2D eigenvalue weighted by Gasteiger charge is 2.12. The molecule has 0 unspecified atom stereocenters. The Hall–Kier alpha value is -0.970. The van der Waals surface area contributed by atoms with Crippen LogP contribution < -0.4 is 5.32 Å². The summed E-state index contributed by atoms with van der Waals surface area (Å²) in [6, 6.07) is 5.89. The molecule has 2 rings (SSSR count). The number of hydrogen-bond acceptors (Lipinski definition) is 4. The molecule has 1 N–H and O–H groups in total. The molecule has 0 radical (unpaired) electrons. The van der Waals surface area contributed by atoms with Gasteiger partial charge in [-0.1, -0.05) is 35.1 Å². The summed E-state index contributed by atoms with van der Waals surface area (Å²) in [6.45, 7) is 9.40. The van der Waals surface area contributed by atoms with E-state index < -0.39 is 0 Å². The van der Waals surface area contributed by atoms with Crippen LogP contribution in [-0.4, -0.2) is 22.3 Å². The van der Waals surface area contributed by atoms with E-state index in [1.54, 1.807) is 11.3 Å². The molecule has 0 aliphatic rings. The van der Waals surface area contributed by atoms with E-state index in [4.69, 9.17) is 11.6 Å². The van der Waals surface area contributed by atoms with E-state index in [0.717, 1.165) is 39.1 Å². The third kappa shape index (κ3) is 4.01. The lowest BCUT2D eigenvalue weighted by Crippen LogP contribution is -2.37. The van der Waals surface area contributed by atoms with Crippen molar-refractivity contribution in [1.29, 1.82) is 0 Å². The maximum Gasteiger partial charge on any atom is 0.148 e. The maximum absolute atomic E-state index is 6.15. The van der Waals surface area contributed by atoms with Crippen molar-refractivity contribution in [3.63, 3.8) is 0 Å². The highest BCUT2D eigenvalue weighted by molar-refractivity contribution is 7.14. The summed E-state index contributed by atoms with van der Waals surface area (Å²) in [5.74, 6) is 0. The number of aromatic nitrogens is 2. The number of hydrogen-bond donors (Lipinski definition) is 1. The molecule has 108 valence electrons. The summed E-state index contributed by atoms with van der Waals surface area (Å²) in [7, 11) is 0. The number of rotatable bonds is 4. The summed E-state index contributed by atoms with van der Waals surface area (Å²) in [6.07, 6.45) is 0.897. The smallest absolute Gasteiger partial charge is 0.148 e. The second-order valence-corrected chi connectivity index (χ2v) is 7.31. The lowest BCUT2D eigenvalue weighted by atomic mass is 10.1. The minimum Gasteiger partial charge on any atom is -0.312 e. The van der Waals surface area contributed by atoms with Crippen molar-refractivity contribution in [2.75, 3.05) is 6.54 Å². The molecule has 20 heavy (non-hydrogen) atoms. The molecule has 2 aromatic rings. The van der Waals surface area contributed by atoms with Crippen LogP contribution in [0.2, 0.25) is 5.02 Å². The van der Waals surface area contributed by atoms with Gasteiger partial charge in [0, 0.05) is 29.1 Å². The van der Waals surface area contributed by atoms with Crippen molar-refractivity contribution < 1.29 is 0 Å². The van der Waals surface area contributed by atoms with Gasteiger partial charge >= 0.3 is 0 Å². The Bertz CT molecular complexity index is 587. The van der Waals surface area contributed by atoms with Crippen LogP contribution >= 0.6 is 22.9 Å². The van der Waals surface area contributed by atoms with E-state index in [0.29, 0.717) is 0 Å². The second kappa shape index (κ2) is 6.20. The fraction of sp³-hybridized carbons (Fsp3) is 0.467. The van der Waals surface area contributed by atoms with Gasteiger partial charge < -0.3 is 5.32 Å². The predicted octanol–water partition coefficient (Wildman–Crippen LogP) is 4.10. The van der Waals surface area contributed by atoms with E-state index in [2.05, 4.69) is 36.3 Å².